The van der Waals surface area contributed by atoms with Crippen molar-refractivity contribution in [1.29, 1.82) is 5.26 Å². The maximum absolute atomic E-state index is 12.9. The van der Waals surface area contributed by atoms with Gasteiger partial charge in [0.1, 0.15) is 34.0 Å². The number of likely N-dealkylation sites (tertiary alicyclic amines) is 2. The van der Waals surface area contributed by atoms with Gasteiger partial charge in [-0.05, 0) is 85.1 Å². The zero-order chi connectivity index (χ0) is 45.0. The highest BCUT2D eigenvalue weighted by Crippen LogP contribution is 2.45. The molecule has 0 bridgehead atoms. The van der Waals surface area contributed by atoms with Crippen LogP contribution in [-0.4, -0.2) is 119 Å². The number of H-pyrrole nitrogens is 1. The molecule has 5 aliphatic heterocycles. The van der Waals surface area contributed by atoms with Crippen LogP contribution in [0.4, 0.5) is 38.0 Å². The number of benzene rings is 1. The minimum Gasteiger partial charge on any atom is -0.381 e. The van der Waals surface area contributed by atoms with E-state index in [-0.39, 0.29) is 4.88 Å². The van der Waals surface area contributed by atoms with Gasteiger partial charge in [0, 0.05) is 106 Å². The van der Waals surface area contributed by atoms with E-state index in [1.54, 1.807) is 12.1 Å². The van der Waals surface area contributed by atoms with Crippen molar-refractivity contribution in [2.75, 3.05) is 81.9 Å². The first-order chi connectivity index (χ1) is 31.2. The first-order valence-electron chi connectivity index (χ1n) is 22.3. The van der Waals surface area contributed by atoms with E-state index in [0.29, 0.717) is 30.9 Å². The quantitative estimate of drug-likeness (QED) is 0.148. The van der Waals surface area contributed by atoms with E-state index < -0.39 is 25.2 Å². The summed E-state index contributed by atoms with van der Waals surface area (Å²) in [6, 6.07) is 11.2. The van der Waals surface area contributed by atoms with Crippen molar-refractivity contribution < 1.29 is 31.1 Å². The largest absolute Gasteiger partial charge is 0.393 e. The minimum atomic E-state index is -4.23. The number of hydrogen-bond donors (Lipinski definition) is 1. The zero-order valence-electron chi connectivity index (χ0n) is 35.9. The van der Waals surface area contributed by atoms with E-state index >= 15 is 0 Å². The Morgan fingerprint density at radius 2 is 1.23 bits per heavy atom. The molecule has 0 unspecified atom stereocenters. The Morgan fingerprint density at radius 1 is 0.708 bits per heavy atom. The van der Waals surface area contributed by atoms with Crippen LogP contribution < -0.4 is 9.80 Å². The number of ether oxygens (including phenoxy) is 1. The van der Waals surface area contributed by atoms with Gasteiger partial charge in [-0.1, -0.05) is 6.07 Å². The maximum atomic E-state index is 12.9. The molecule has 5 aromatic heterocycles. The van der Waals surface area contributed by atoms with Gasteiger partial charge in [-0.25, -0.2) is 19.9 Å². The molecule has 11 rings (SSSR count). The Morgan fingerprint density at radius 3 is 1.74 bits per heavy atom. The normalized spacial score (nSPS) is 20.6. The van der Waals surface area contributed by atoms with Crippen molar-refractivity contribution in [1.82, 2.24) is 34.7 Å². The van der Waals surface area contributed by atoms with E-state index in [1.807, 2.05) is 24.4 Å². The summed E-state index contributed by atoms with van der Waals surface area (Å²) in [4.78, 5) is 31.9. The SMILES string of the molecule is FC(F)(F)Cc1cc2c(N3CCC4(CC3)CN(CC3CCOCC3)C4)ncnc2s1.N#Cc1ccc2c(CN3CC4(CCN(c5ncnc6sc(CC(F)(F)F)cc56)CC4)C3)c[nH]c2c1. The van der Waals surface area contributed by atoms with E-state index in [2.05, 4.69) is 50.6 Å². The first kappa shape index (κ1) is 44.2. The predicted octanol–water partition coefficient (Wildman–Crippen LogP) is 9.38. The van der Waals surface area contributed by atoms with Crippen molar-refractivity contribution >= 4 is 65.6 Å². The molecule has 1 aromatic carbocycles. The Hall–Kier alpha value is -4.61. The average Bonchev–Trinajstić information content (AvgIpc) is 3.98. The van der Waals surface area contributed by atoms with Crippen molar-refractivity contribution in [3.63, 3.8) is 0 Å². The van der Waals surface area contributed by atoms with Crippen LogP contribution in [0, 0.1) is 28.1 Å². The van der Waals surface area contributed by atoms with E-state index in [0.717, 1.165) is 147 Å². The number of hydrogen-bond acceptors (Lipinski definition) is 12. The summed E-state index contributed by atoms with van der Waals surface area (Å²) in [5, 5.41) is 11.7. The highest BCUT2D eigenvalue weighted by Gasteiger charge is 2.46. The van der Waals surface area contributed by atoms with Gasteiger partial charge in [-0.15, -0.1) is 22.7 Å². The second-order valence-corrected chi connectivity index (χ2v) is 21.1. The molecular weight excluding hydrogens is 887 g/mol. The van der Waals surface area contributed by atoms with Gasteiger partial charge in [0.2, 0.25) is 0 Å². The van der Waals surface area contributed by atoms with Gasteiger partial charge >= 0.3 is 12.4 Å². The van der Waals surface area contributed by atoms with Gasteiger partial charge < -0.3 is 24.4 Å². The van der Waals surface area contributed by atoms with Crippen molar-refractivity contribution in [3.05, 3.63) is 70.1 Å². The number of halogens is 6. The number of piperidine rings is 2. The topological polar surface area (TPSA) is 113 Å². The smallest absolute Gasteiger partial charge is 0.381 e. The van der Waals surface area contributed by atoms with E-state index in [9.17, 15) is 26.3 Å². The number of rotatable bonds is 8. The van der Waals surface area contributed by atoms with Crippen LogP contribution >= 0.6 is 22.7 Å². The molecule has 11 nitrogen and oxygen atoms in total. The molecule has 6 aromatic rings. The molecule has 1 N–H and O–H groups in total. The van der Waals surface area contributed by atoms with Gasteiger partial charge in [-0.3, -0.25) is 4.90 Å². The molecule has 0 atom stereocenters. The standard InChI is InChI=1S/C25H23F3N6S.C21H27F3N4OS/c26-25(27,28)9-18-8-20-22(31-15-32-23(20)35-18)34-5-3-24(4-6-34)13-33(14-24)12-17-11-30-21-7-16(10-29)1-2-19(17)21;22-21(23,24)10-16-9-17-18(25-14-26-19(17)30-16)28-5-3-20(4-6-28)12-27(13-20)11-15-1-7-29-8-2-15/h1-2,7-8,11,15,30H,3-6,9,12-14H2;9,14-15H,1-8,10-13H2. The minimum absolute atomic E-state index is 0.276. The Kier molecular flexibility index (Phi) is 11.9. The summed E-state index contributed by atoms with van der Waals surface area (Å²) in [6.45, 7) is 11.8. The number of nitrogens with one attached hydrogen (secondary N) is 1. The first-order valence-corrected chi connectivity index (χ1v) is 24.0. The Bertz CT molecular complexity index is 2670. The summed E-state index contributed by atoms with van der Waals surface area (Å²) in [5.41, 5.74) is 3.58. The number of fused-ring (bicyclic) bond motifs is 3. The lowest BCUT2D eigenvalue weighted by Gasteiger charge is -2.55. The van der Waals surface area contributed by atoms with Crippen LogP contribution in [0.2, 0.25) is 0 Å². The summed E-state index contributed by atoms with van der Waals surface area (Å²) in [6.07, 6.45) is 1.37. The summed E-state index contributed by atoms with van der Waals surface area (Å²) < 4.78 is 82.4. The molecule has 344 valence electrons. The van der Waals surface area contributed by atoms with E-state index in [1.165, 1.54) is 50.7 Å². The van der Waals surface area contributed by atoms with Crippen molar-refractivity contribution in [2.45, 2.75) is 70.3 Å². The van der Waals surface area contributed by atoms with Crippen molar-refractivity contribution in [2.24, 2.45) is 16.7 Å². The fourth-order valence-corrected chi connectivity index (χ4v) is 12.9. The van der Waals surface area contributed by atoms with Crippen LogP contribution in [0.3, 0.4) is 0 Å². The highest BCUT2D eigenvalue weighted by atomic mass is 32.1. The molecule has 19 heteroatoms. The van der Waals surface area contributed by atoms with Crippen LogP contribution in [0.1, 0.15) is 59.4 Å². The van der Waals surface area contributed by atoms with Gasteiger partial charge in [-0.2, -0.15) is 31.6 Å². The number of aromatic amines is 1. The predicted molar refractivity (Wildman–Crippen MR) is 240 cm³/mol. The van der Waals surface area contributed by atoms with Gasteiger partial charge in [0.05, 0.1) is 35.2 Å². The number of alkyl halides is 6. The zero-order valence-corrected chi connectivity index (χ0v) is 37.5. The van der Waals surface area contributed by atoms with Gasteiger partial charge in [0.15, 0.2) is 0 Å². The average molecular weight is 937 g/mol. The molecule has 5 fully saturated rings. The Labute approximate surface area is 380 Å². The molecule has 0 saturated carbocycles. The Balaban J connectivity index is 0.000000155. The summed E-state index contributed by atoms with van der Waals surface area (Å²) in [7, 11) is 0. The third-order valence-electron chi connectivity index (χ3n) is 14.1. The summed E-state index contributed by atoms with van der Waals surface area (Å²) >= 11 is 2.22. The van der Waals surface area contributed by atoms with Gasteiger partial charge in [0.25, 0.3) is 0 Å². The van der Waals surface area contributed by atoms with Crippen LogP contribution in [0.15, 0.2) is 49.2 Å². The number of thiophene rings is 2. The van der Waals surface area contributed by atoms with E-state index in [4.69, 9.17) is 10.00 Å². The summed E-state index contributed by atoms with van der Waals surface area (Å²) in [5.74, 6) is 2.31. The molecule has 5 aliphatic rings. The molecule has 0 radical (unpaired) electrons. The van der Waals surface area contributed by atoms with Crippen LogP contribution in [0.25, 0.3) is 31.3 Å². The lowest BCUT2D eigenvalue weighted by atomic mass is 9.71. The molecule has 10 heterocycles. The monoisotopic (exact) mass is 936 g/mol. The molecule has 0 amide bonds. The molecular formula is C46H50F6N10OS2. The highest BCUT2D eigenvalue weighted by molar-refractivity contribution is 7.19. The molecule has 5 saturated heterocycles. The third-order valence-corrected chi connectivity index (χ3v) is 16.2. The molecule has 65 heavy (non-hydrogen) atoms. The van der Waals surface area contributed by atoms with Crippen LogP contribution in [0.5, 0.6) is 0 Å². The number of aromatic nitrogens is 5. The molecule has 2 spiro atoms. The fourth-order valence-electron chi connectivity index (χ4n) is 10.8. The van der Waals surface area contributed by atoms with Crippen LogP contribution in [-0.2, 0) is 24.1 Å². The number of anilines is 2. The van der Waals surface area contributed by atoms with Crippen molar-refractivity contribution in [3.8, 4) is 6.07 Å². The second kappa shape index (κ2) is 17.6. The lowest BCUT2D eigenvalue weighted by molar-refractivity contribution is -0.127. The third kappa shape index (κ3) is 9.78. The number of nitriles is 1. The maximum Gasteiger partial charge on any atom is 0.393 e. The lowest BCUT2D eigenvalue weighted by Crippen LogP contribution is -2.61. The molecule has 0 aliphatic carbocycles. The number of nitrogens with zero attached hydrogens (tertiary/aromatic N) is 9. The second-order valence-electron chi connectivity index (χ2n) is 18.9. The fraction of sp³-hybridized carbons (Fsp3) is 0.543.